The lowest BCUT2D eigenvalue weighted by molar-refractivity contribution is -0.128. The third kappa shape index (κ3) is 2.29. The van der Waals surface area contributed by atoms with Crippen LogP contribution in [0.1, 0.15) is 17.3 Å². The minimum atomic E-state index is -0.571. The molecule has 0 fully saturated rings. The highest BCUT2D eigenvalue weighted by Crippen LogP contribution is 2.18. The number of carbonyl (C=O) groups excluding carboxylic acids is 2. The number of benzene rings is 1. The molecule has 0 amide bonds. The quantitative estimate of drug-likeness (QED) is 0.317. The summed E-state index contributed by atoms with van der Waals surface area (Å²) in [7, 11) is 0. The van der Waals surface area contributed by atoms with Crippen LogP contribution >= 0.6 is 0 Å². The van der Waals surface area contributed by atoms with E-state index in [-0.39, 0.29) is 11.5 Å². The number of carbonyl (C=O) groups is 2. The van der Waals surface area contributed by atoms with Gasteiger partial charge >= 0.3 is 5.97 Å². The Morgan fingerprint density at radius 2 is 2.00 bits per heavy atom. The van der Waals surface area contributed by atoms with E-state index in [0.29, 0.717) is 5.56 Å². The number of ether oxygens (including phenoxy) is 1. The zero-order valence-electron chi connectivity index (χ0n) is 7.82. The van der Waals surface area contributed by atoms with Crippen LogP contribution in [0, 0.1) is 0 Å². The molecule has 0 saturated carbocycles. The molecule has 3 nitrogen and oxygen atoms in total. The summed E-state index contributed by atoms with van der Waals surface area (Å²) in [5.74, 6) is -0.443. The van der Waals surface area contributed by atoms with Gasteiger partial charge in [-0.3, -0.25) is 4.79 Å². The van der Waals surface area contributed by atoms with Crippen LogP contribution < -0.4 is 4.74 Å². The molecular weight excluding hydrogens is 180 g/mol. The number of rotatable bonds is 3. The van der Waals surface area contributed by atoms with Crippen molar-refractivity contribution in [3.8, 4) is 5.75 Å². The minimum absolute atomic E-state index is 0.141. The monoisotopic (exact) mass is 190 g/mol. The van der Waals surface area contributed by atoms with Crippen molar-refractivity contribution in [3.05, 3.63) is 42.5 Å². The van der Waals surface area contributed by atoms with Crippen LogP contribution in [0.5, 0.6) is 5.75 Å². The molecule has 0 N–H and O–H groups in total. The van der Waals surface area contributed by atoms with Crippen LogP contribution in [-0.2, 0) is 4.79 Å². The van der Waals surface area contributed by atoms with E-state index < -0.39 is 5.97 Å². The summed E-state index contributed by atoms with van der Waals surface area (Å²) in [6, 6.07) is 6.58. The van der Waals surface area contributed by atoms with Crippen molar-refractivity contribution in [2.75, 3.05) is 0 Å². The van der Waals surface area contributed by atoms with Crippen molar-refractivity contribution >= 4 is 11.8 Å². The second kappa shape index (κ2) is 4.37. The molecule has 1 rings (SSSR count). The molecule has 72 valence electrons. The Kier molecular flexibility index (Phi) is 3.18. The van der Waals surface area contributed by atoms with E-state index in [2.05, 4.69) is 6.58 Å². The number of Topliss-reactive ketones (excluding diaryl/α,β-unsaturated/α-hetero) is 1. The molecule has 0 bridgehead atoms. The van der Waals surface area contributed by atoms with Gasteiger partial charge in [0.25, 0.3) is 0 Å². The van der Waals surface area contributed by atoms with E-state index in [1.165, 1.54) is 6.92 Å². The largest absolute Gasteiger partial charge is 0.423 e. The van der Waals surface area contributed by atoms with Gasteiger partial charge in [0.2, 0.25) is 0 Å². The fraction of sp³-hybridized carbons (Fsp3) is 0.0909. The molecule has 0 aliphatic rings. The van der Waals surface area contributed by atoms with Crippen molar-refractivity contribution < 1.29 is 14.3 Å². The lowest BCUT2D eigenvalue weighted by atomic mass is 10.1. The smallest absolute Gasteiger partial charge is 0.335 e. The third-order valence-corrected chi connectivity index (χ3v) is 1.64. The summed E-state index contributed by atoms with van der Waals surface area (Å²) in [4.78, 5) is 22.0. The third-order valence-electron chi connectivity index (χ3n) is 1.64. The predicted octanol–water partition coefficient (Wildman–Crippen LogP) is 1.98. The van der Waals surface area contributed by atoms with Crippen LogP contribution in [0.3, 0.4) is 0 Å². The van der Waals surface area contributed by atoms with Gasteiger partial charge in [0.05, 0.1) is 5.56 Å². The van der Waals surface area contributed by atoms with E-state index in [9.17, 15) is 9.59 Å². The Labute approximate surface area is 82.0 Å². The summed E-state index contributed by atoms with van der Waals surface area (Å²) in [5.41, 5.74) is 0.391. The lowest BCUT2D eigenvalue weighted by Gasteiger charge is -2.04. The van der Waals surface area contributed by atoms with Crippen LogP contribution in [-0.4, -0.2) is 11.8 Å². The number of para-hydroxylation sites is 1. The van der Waals surface area contributed by atoms with E-state index in [4.69, 9.17) is 4.74 Å². The molecule has 0 unspecified atom stereocenters. The van der Waals surface area contributed by atoms with E-state index in [0.717, 1.165) is 6.08 Å². The SMILES string of the molecule is C=CC(=O)Oc1ccccc1C(C)=O. The van der Waals surface area contributed by atoms with Crippen molar-refractivity contribution in [2.24, 2.45) is 0 Å². The first-order valence-corrected chi connectivity index (χ1v) is 4.09. The molecule has 3 heteroatoms. The molecule has 1 aromatic rings. The van der Waals surface area contributed by atoms with E-state index in [1.807, 2.05) is 0 Å². The topological polar surface area (TPSA) is 43.4 Å². The Bertz CT molecular complexity index is 380. The second-order valence-electron chi connectivity index (χ2n) is 2.68. The Hall–Kier alpha value is -1.90. The Balaban J connectivity index is 3.01. The summed E-state index contributed by atoms with van der Waals surface area (Å²) in [6.07, 6.45) is 1.05. The summed E-state index contributed by atoms with van der Waals surface area (Å²) in [5, 5.41) is 0. The summed E-state index contributed by atoms with van der Waals surface area (Å²) < 4.78 is 4.88. The van der Waals surface area contributed by atoms with E-state index >= 15 is 0 Å². The minimum Gasteiger partial charge on any atom is -0.423 e. The maximum atomic E-state index is 11.1. The van der Waals surface area contributed by atoms with Gasteiger partial charge in [0, 0.05) is 6.08 Å². The molecule has 14 heavy (non-hydrogen) atoms. The first kappa shape index (κ1) is 10.2. The highest BCUT2D eigenvalue weighted by atomic mass is 16.5. The van der Waals surface area contributed by atoms with Gasteiger partial charge in [-0.25, -0.2) is 4.79 Å². The summed E-state index contributed by atoms with van der Waals surface area (Å²) >= 11 is 0. The number of hydrogen-bond acceptors (Lipinski definition) is 3. The fourth-order valence-corrected chi connectivity index (χ4v) is 0.997. The standard InChI is InChI=1S/C11H10O3/c1-3-11(13)14-10-7-5-4-6-9(10)8(2)12/h3-7H,1H2,2H3. The van der Waals surface area contributed by atoms with Gasteiger partial charge in [-0.1, -0.05) is 18.7 Å². The number of hydrogen-bond donors (Lipinski definition) is 0. The normalized spacial score (nSPS) is 9.21. The predicted molar refractivity (Wildman–Crippen MR) is 52.3 cm³/mol. The Morgan fingerprint density at radius 3 is 2.57 bits per heavy atom. The highest BCUT2D eigenvalue weighted by molar-refractivity contribution is 5.98. The first-order valence-electron chi connectivity index (χ1n) is 4.09. The maximum absolute atomic E-state index is 11.1. The van der Waals surface area contributed by atoms with E-state index in [1.54, 1.807) is 24.3 Å². The molecule has 0 saturated heterocycles. The lowest BCUT2D eigenvalue weighted by Crippen LogP contribution is -2.06. The molecular formula is C11H10O3. The van der Waals surface area contributed by atoms with Gasteiger partial charge in [-0.15, -0.1) is 0 Å². The van der Waals surface area contributed by atoms with Gasteiger partial charge in [-0.05, 0) is 19.1 Å². The molecule has 1 aromatic carbocycles. The molecule has 0 heterocycles. The molecule has 0 spiro atoms. The molecule has 0 aromatic heterocycles. The van der Waals surface area contributed by atoms with Crippen molar-refractivity contribution in [1.29, 1.82) is 0 Å². The average molecular weight is 190 g/mol. The Morgan fingerprint density at radius 1 is 1.36 bits per heavy atom. The van der Waals surface area contributed by atoms with Gasteiger partial charge in [-0.2, -0.15) is 0 Å². The second-order valence-corrected chi connectivity index (χ2v) is 2.68. The number of esters is 1. The first-order chi connectivity index (χ1) is 6.65. The average Bonchev–Trinajstić information content (AvgIpc) is 2.18. The van der Waals surface area contributed by atoms with Crippen LogP contribution in [0.25, 0.3) is 0 Å². The number of ketones is 1. The zero-order chi connectivity index (χ0) is 10.6. The fourth-order valence-electron chi connectivity index (χ4n) is 0.997. The van der Waals surface area contributed by atoms with Gasteiger partial charge < -0.3 is 4.74 Å². The molecule has 0 aliphatic heterocycles. The van der Waals surface area contributed by atoms with Crippen molar-refractivity contribution in [3.63, 3.8) is 0 Å². The maximum Gasteiger partial charge on any atom is 0.335 e. The summed E-state index contributed by atoms with van der Waals surface area (Å²) in [6.45, 7) is 4.69. The molecule has 0 aliphatic carbocycles. The van der Waals surface area contributed by atoms with Gasteiger partial charge in [0.15, 0.2) is 5.78 Å². The van der Waals surface area contributed by atoms with Crippen LogP contribution in [0.15, 0.2) is 36.9 Å². The molecule has 0 atom stereocenters. The van der Waals surface area contributed by atoms with Gasteiger partial charge in [0.1, 0.15) is 5.75 Å². The zero-order valence-corrected chi connectivity index (χ0v) is 7.82. The van der Waals surface area contributed by atoms with Crippen molar-refractivity contribution in [1.82, 2.24) is 0 Å². The van der Waals surface area contributed by atoms with Crippen LogP contribution in [0.2, 0.25) is 0 Å². The highest BCUT2D eigenvalue weighted by Gasteiger charge is 2.09. The van der Waals surface area contributed by atoms with Crippen molar-refractivity contribution in [2.45, 2.75) is 6.92 Å². The van der Waals surface area contributed by atoms with Crippen LogP contribution in [0.4, 0.5) is 0 Å². The molecule has 0 radical (unpaired) electrons.